The van der Waals surface area contributed by atoms with Crippen LogP contribution in [0.5, 0.6) is 0 Å². The Balaban J connectivity index is 2.00. The molecule has 0 aliphatic heterocycles. The van der Waals surface area contributed by atoms with E-state index in [-0.39, 0.29) is 23.3 Å². The van der Waals surface area contributed by atoms with E-state index in [0.717, 1.165) is 24.8 Å². The lowest BCUT2D eigenvalue weighted by atomic mass is 9.64. The molecule has 1 aromatic carbocycles. The summed E-state index contributed by atoms with van der Waals surface area (Å²) in [6.07, 6.45) is 3.25. The summed E-state index contributed by atoms with van der Waals surface area (Å²) in [4.78, 5) is 12.6. The second-order valence-corrected chi connectivity index (χ2v) is 6.78. The van der Waals surface area contributed by atoms with E-state index < -0.39 is 0 Å². The minimum absolute atomic E-state index is 0.105. The fourth-order valence-electron chi connectivity index (χ4n) is 3.05. The Morgan fingerprint density at radius 1 is 1.33 bits per heavy atom. The number of carbonyl (C=O) groups is 1. The van der Waals surface area contributed by atoms with Gasteiger partial charge in [0.15, 0.2) is 0 Å². The molecule has 21 heavy (non-hydrogen) atoms. The third-order valence-corrected chi connectivity index (χ3v) is 4.65. The molecule has 1 saturated carbocycles. The topological polar surface area (TPSA) is 49.3 Å². The van der Waals surface area contributed by atoms with Crippen molar-refractivity contribution >= 4 is 17.5 Å². The molecule has 0 bridgehead atoms. The van der Waals surface area contributed by atoms with Gasteiger partial charge in [0, 0.05) is 11.6 Å². The van der Waals surface area contributed by atoms with Crippen molar-refractivity contribution in [2.24, 2.45) is 5.92 Å². The molecule has 3 nitrogen and oxygen atoms in total. The van der Waals surface area contributed by atoms with E-state index in [4.69, 9.17) is 11.6 Å². The lowest BCUT2D eigenvalue weighted by Gasteiger charge is -2.41. The summed E-state index contributed by atoms with van der Waals surface area (Å²) in [6.45, 7) is 4.43. The van der Waals surface area contributed by atoms with Crippen LogP contribution in [0.3, 0.4) is 0 Å². The van der Waals surface area contributed by atoms with Gasteiger partial charge in [0.2, 0.25) is 5.91 Å². The van der Waals surface area contributed by atoms with Gasteiger partial charge in [-0.25, -0.2) is 0 Å². The first-order valence-electron chi connectivity index (χ1n) is 7.66. The van der Waals surface area contributed by atoms with Crippen molar-refractivity contribution in [2.45, 2.75) is 51.0 Å². The average molecular weight is 310 g/mol. The molecule has 0 radical (unpaired) electrons. The summed E-state index contributed by atoms with van der Waals surface area (Å²) in [7, 11) is 0. The van der Waals surface area contributed by atoms with E-state index in [1.54, 1.807) is 6.92 Å². The van der Waals surface area contributed by atoms with E-state index in [2.05, 4.69) is 5.32 Å². The van der Waals surface area contributed by atoms with Crippen LogP contribution in [0.4, 0.5) is 0 Å². The number of aliphatic hydroxyl groups is 1. The lowest BCUT2D eigenvalue weighted by Crippen LogP contribution is -2.50. The molecule has 116 valence electrons. The predicted molar refractivity (Wildman–Crippen MR) is 85.5 cm³/mol. The first-order chi connectivity index (χ1) is 9.94. The Bertz CT molecular complexity index is 480. The maximum absolute atomic E-state index is 12.6. The Kier molecular flexibility index (Phi) is 5.28. The Morgan fingerprint density at radius 3 is 2.43 bits per heavy atom. The van der Waals surface area contributed by atoms with Crippen molar-refractivity contribution in [3.63, 3.8) is 0 Å². The summed E-state index contributed by atoms with van der Waals surface area (Å²) in [5, 5.41) is 13.1. The highest BCUT2D eigenvalue weighted by Gasteiger charge is 2.45. The van der Waals surface area contributed by atoms with Crippen LogP contribution in [0, 0.1) is 5.92 Å². The zero-order valence-electron chi connectivity index (χ0n) is 12.7. The first-order valence-corrected chi connectivity index (χ1v) is 8.04. The van der Waals surface area contributed by atoms with Crippen LogP contribution in [0.15, 0.2) is 24.3 Å². The zero-order valence-corrected chi connectivity index (χ0v) is 13.5. The molecule has 2 unspecified atom stereocenters. The first kappa shape index (κ1) is 16.3. The quantitative estimate of drug-likeness (QED) is 0.847. The van der Waals surface area contributed by atoms with Crippen LogP contribution in [-0.2, 0) is 10.2 Å². The molecular formula is C17H24ClNO2. The van der Waals surface area contributed by atoms with Gasteiger partial charge in [-0.05, 0) is 49.8 Å². The Labute approximate surface area is 131 Å². The van der Waals surface area contributed by atoms with Gasteiger partial charge in [-0.1, -0.05) is 37.1 Å². The van der Waals surface area contributed by atoms with Crippen molar-refractivity contribution in [1.82, 2.24) is 5.32 Å². The van der Waals surface area contributed by atoms with Gasteiger partial charge in [0.25, 0.3) is 0 Å². The highest BCUT2D eigenvalue weighted by atomic mass is 35.5. The molecule has 0 saturated heterocycles. The highest BCUT2D eigenvalue weighted by Crippen LogP contribution is 2.44. The molecule has 0 aromatic heterocycles. The smallest absolute Gasteiger partial charge is 0.230 e. The van der Waals surface area contributed by atoms with Crippen LogP contribution >= 0.6 is 11.6 Å². The van der Waals surface area contributed by atoms with E-state index in [1.807, 2.05) is 31.2 Å². The summed E-state index contributed by atoms with van der Waals surface area (Å²) < 4.78 is 0. The Hall–Kier alpha value is -1.06. The molecule has 1 aliphatic carbocycles. The van der Waals surface area contributed by atoms with Gasteiger partial charge in [-0.2, -0.15) is 0 Å². The third-order valence-electron chi connectivity index (χ3n) is 4.39. The fraction of sp³-hybridized carbons (Fsp3) is 0.588. The van der Waals surface area contributed by atoms with Gasteiger partial charge in [0.05, 0.1) is 11.5 Å². The fourth-order valence-corrected chi connectivity index (χ4v) is 3.17. The second kappa shape index (κ2) is 6.80. The molecule has 1 amide bonds. The number of halogens is 1. The molecular weight excluding hydrogens is 286 g/mol. The molecule has 4 heteroatoms. The molecule has 2 rings (SSSR count). The molecule has 2 N–H and O–H groups in total. The number of carbonyl (C=O) groups excluding carboxylic acids is 1. The summed E-state index contributed by atoms with van der Waals surface area (Å²) in [5.74, 6) is 0.379. The van der Waals surface area contributed by atoms with E-state index in [9.17, 15) is 9.90 Å². The number of rotatable bonds is 6. The Morgan fingerprint density at radius 2 is 1.95 bits per heavy atom. The van der Waals surface area contributed by atoms with Crippen LogP contribution in [-0.4, -0.2) is 23.7 Å². The zero-order chi connectivity index (χ0) is 15.5. The number of hydrogen-bond donors (Lipinski definition) is 2. The van der Waals surface area contributed by atoms with Crippen molar-refractivity contribution in [3.8, 4) is 0 Å². The van der Waals surface area contributed by atoms with Crippen LogP contribution in [0.25, 0.3) is 0 Å². The summed E-state index contributed by atoms with van der Waals surface area (Å²) in [6, 6.07) is 7.61. The van der Waals surface area contributed by atoms with Crippen molar-refractivity contribution in [2.75, 3.05) is 6.54 Å². The van der Waals surface area contributed by atoms with Crippen LogP contribution in [0.1, 0.15) is 45.1 Å². The van der Waals surface area contributed by atoms with Gasteiger partial charge in [-0.3, -0.25) is 4.79 Å². The summed E-state index contributed by atoms with van der Waals surface area (Å²) >= 11 is 5.93. The lowest BCUT2D eigenvalue weighted by molar-refractivity contribution is -0.130. The van der Waals surface area contributed by atoms with Crippen LogP contribution in [0.2, 0.25) is 5.02 Å². The van der Waals surface area contributed by atoms with Gasteiger partial charge >= 0.3 is 0 Å². The highest BCUT2D eigenvalue weighted by molar-refractivity contribution is 6.30. The number of benzene rings is 1. The van der Waals surface area contributed by atoms with Crippen molar-refractivity contribution in [3.05, 3.63) is 34.9 Å². The SMILES string of the molecule is CC(O)CC(C)CNC(=O)C1(c2ccc(Cl)cc2)CCC1. The van der Waals surface area contributed by atoms with Gasteiger partial charge in [0.1, 0.15) is 0 Å². The maximum atomic E-state index is 12.6. The largest absolute Gasteiger partial charge is 0.393 e. The predicted octanol–water partition coefficient (Wildman–Crippen LogP) is 3.28. The van der Waals surface area contributed by atoms with Gasteiger partial charge < -0.3 is 10.4 Å². The summed E-state index contributed by atoms with van der Waals surface area (Å²) in [5.41, 5.74) is 0.675. The maximum Gasteiger partial charge on any atom is 0.230 e. The van der Waals surface area contributed by atoms with Crippen LogP contribution < -0.4 is 5.32 Å². The molecule has 1 aromatic rings. The minimum Gasteiger partial charge on any atom is -0.393 e. The van der Waals surface area contributed by atoms with E-state index in [0.29, 0.717) is 18.0 Å². The average Bonchev–Trinajstić information content (AvgIpc) is 2.36. The molecule has 1 aliphatic rings. The number of amides is 1. The molecule has 1 fully saturated rings. The standard InChI is InChI=1S/C17H24ClNO2/c1-12(10-13(2)20)11-19-16(21)17(8-3-9-17)14-4-6-15(18)7-5-14/h4-7,12-13,20H,3,8-11H2,1-2H3,(H,19,21). The third kappa shape index (κ3) is 3.78. The van der Waals surface area contributed by atoms with Crippen molar-refractivity contribution in [1.29, 1.82) is 0 Å². The number of hydrogen-bond acceptors (Lipinski definition) is 2. The molecule has 0 heterocycles. The van der Waals surface area contributed by atoms with Gasteiger partial charge in [-0.15, -0.1) is 0 Å². The molecule has 2 atom stereocenters. The second-order valence-electron chi connectivity index (χ2n) is 6.34. The van der Waals surface area contributed by atoms with E-state index >= 15 is 0 Å². The minimum atomic E-state index is -0.380. The van der Waals surface area contributed by atoms with E-state index in [1.165, 1.54) is 0 Å². The monoisotopic (exact) mass is 309 g/mol. The number of aliphatic hydroxyl groups excluding tert-OH is 1. The van der Waals surface area contributed by atoms with Crippen molar-refractivity contribution < 1.29 is 9.90 Å². The normalized spacial score (nSPS) is 19.4. The number of nitrogens with one attached hydrogen (secondary N) is 1. The molecule has 0 spiro atoms.